The van der Waals surface area contributed by atoms with Gasteiger partial charge < -0.3 is 24.2 Å². The molecule has 1 saturated heterocycles. The van der Waals surface area contributed by atoms with Gasteiger partial charge in [-0.15, -0.1) is 0 Å². The fraction of sp³-hybridized carbons (Fsp3) is 0.583. The largest absolute Gasteiger partial charge is 0.443 e. The van der Waals surface area contributed by atoms with E-state index in [1.54, 1.807) is 97.3 Å². The molecule has 4 rings (SSSR count). The van der Waals surface area contributed by atoms with E-state index in [-0.39, 0.29) is 24.3 Å². The number of hydrogen-bond acceptors (Lipinski definition) is 10. The first-order valence-electron chi connectivity index (χ1n) is 16.8. The zero-order valence-corrected chi connectivity index (χ0v) is 30.7. The van der Waals surface area contributed by atoms with Crippen molar-refractivity contribution in [1.29, 1.82) is 0 Å². The second kappa shape index (κ2) is 14.2. The van der Waals surface area contributed by atoms with E-state index < -0.39 is 35.1 Å². The number of hydrogen-bond donors (Lipinski definition) is 1. The Hall–Kier alpha value is -4.39. The van der Waals surface area contributed by atoms with Gasteiger partial charge in [-0.3, -0.25) is 4.90 Å². The summed E-state index contributed by atoms with van der Waals surface area (Å²) in [6.07, 6.45) is 0.305. The molecule has 3 aromatic rings. The molecule has 49 heavy (non-hydrogen) atoms. The first-order chi connectivity index (χ1) is 22.6. The first kappa shape index (κ1) is 37.4. The highest BCUT2D eigenvalue weighted by atomic mass is 16.6. The lowest BCUT2D eigenvalue weighted by atomic mass is 10.1. The molecular formula is C36H52N6O7. The van der Waals surface area contributed by atoms with E-state index in [2.05, 4.69) is 23.8 Å². The number of nitrogens with zero attached hydrogens (tertiary/aromatic N) is 6. The average Bonchev–Trinajstić information content (AvgIpc) is 3.38. The number of carbonyl (C=O) groups is 3. The molecule has 0 aliphatic carbocycles. The maximum absolute atomic E-state index is 14.0. The number of ether oxygens (including phenoxy) is 3. The average molecular weight is 681 g/mol. The minimum atomic E-state index is -0.874. The molecule has 13 nitrogen and oxygen atoms in total. The maximum Gasteiger partial charge on any atom is 0.424 e. The zero-order valence-electron chi connectivity index (χ0n) is 30.7. The van der Waals surface area contributed by atoms with Gasteiger partial charge in [0.15, 0.2) is 5.65 Å². The Kier molecular flexibility index (Phi) is 10.9. The monoisotopic (exact) mass is 680 g/mol. The van der Waals surface area contributed by atoms with Crippen LogP contribution in [0.2, 0.25) is 0 Å². The predicted molar refractivity (Wildman–Crippen MR) is 188 cm³/mol. The Morgan fingerprint density at radius 3 is 1.86 bits per heavy atom. The van der Waals surface area contributed by atoms with Crippen molar-refractivity contribution in [2.75, 3.05) is 27.8 Å². The number of aliphatic hydroxyl groups is 1. The Bertz CT molecular complexity index is 1610. The second-order valence-corrected chi connectivity index (χ2v) is 15.7. The summed E-state index contributed by atoms with van der Waals surface area (Å²) in [6, 6.07) is 8.49. The summed E-state index contributed by atoms with van der Waals surface area (Å²) in [7, 11) is 0. The maximum atomic E-state index is 14.0. The minimum Gasteiger partial charge on any atom is -0.443 e. The number of rotatable bonds is 6. The van der Waals surface area contributed by atoms with Crippen molar-refractivity contribution in [3.05, 3.63) is 47.7 Å². The molecule has 1 aliphatic rings. The Morgan fingerprint density at radius 1 is 0.857 bits per heavy atom. The second-order valence-electron chi connectivity index (χ2n) is 15.7. The van der Waals surface area contributed by atoms with Crippen LogP contribution in [-0.2, 0) is 20.8 Å². The van der Waals surface area contributed by atoms with Gasteiger partial charge in [0, 0.05) is 24.7 Å². The van der Waals surface area contributed by atoms with Crippen LogP contribution in [-0.4, -0.2) is 74.0 Å². The summed E-state index contributed by atoms with van der Waals surface area (Å²) in [5.74, 6) is 1.25. The molecule has 3 amide bonds. The SMILES string of the molecule is CC(C)c1cnn2c(N(Cc3ccc(N(C(=O)OC(C)(C)C)C(=O)OC(C)(C)C)cc3)C(=O)OC(C)(C)C)cc(N3CCC(O)CC3)nc12. The molecule has 13 heteroatoms. The lowest BCUT2D eigenvalue weighted by molar-refractivity contribution is 0.0429. The summed E-state index contributed by atoms with van der Waals surface area (Å²) in [4.78, 5) is 49.8. The van der Waals surface area contributed by atoms with Gasteiger partial charge in [0.25, 0.3) is 0 Å². The smallest absolute Gasteiger partial charge is 0.424 e. The number of imide groups is 1. The van der Waals surface area contributed by atoms with Crippen LogP contribution in [0.3, 0.4) is 0 Å². The normalized spacial score (nSPS) is 14.6. The number of aromatic nitrogens is 3. The molecule has 1 aliphatic heterocycles. The molecule has 0 atom stereocenters. The molecule has 0 bridgehead atoms. The van der Waals surface area contributed by atoms with Crippen molar-refractivity contribution >= 4 is 41.3 Å². The molecule has 268 valence electrons. The Morgan fingerprint density at radius 2 is 1.37 bits per heavy atom. The minimum absolute atomic E-state index is 0.0716. The predicted octanol–water partition coefficient (Wildman–Crippen LogP) is 7.43. The number of amides is 3. The third-order valence-corrected chi connectivity index (χ3v) is 7.46. The molecular weight excluding hydrogens is 628 g/mol. The van der Waals surface area contributed by atoms with Crippen molar-refractivity contribution in [3.63, 3.8) is 0 Å². The van der Waals surface area contributed by atoms with E-state index >= 15 is 0 Å². The zero-order chi connectivity index (χ0) is 36.5. The third-order valence-electron chi connectivity index (χ3n) is 7.46. The molecule has 0 spiro atoms. The van der Waals surface area contributed by atoms with E-state index in [0.717, 1.165) is 10.5 Å². The molecule has 0 radical (unpaired) electrons. The summed E-state index contributed by atoms with van der Waals surface area (Å²) in [6.45, 7) is 21.1. The van der Waals surface area contributed by atoms with E-state index in [4.69, 9.17) is 19.2 Å². The number of benzene rings is 1. The summed E-state index contributed by atoms with van der Waals surface area (Å²) >= 11 is 0. The number of fused-ring (bicyclic) bond motifs is 1. The number of aliphatic hydroxyl groups excluding tert-OH is 1. The van der Waals surface area contributed by atoms with Gasteiger partial charge >= 0.3 is 18.3 Å². The quantitative estimate of drug-likeness (QED) is 0.262. The van der Waals surface area contributed by atoms with Crippen LogP contribution in [0.5, 0.6) is 0 Å². The lowest BCUT2D eigenvalue weighted by Crippen LogP contribution is -2.43. The van der Waals surface area contributed by atoms with Crippen molar-refractivity contribution in [1.82, 2.24) is 14.6 Å². The van der Waals surface area contributed by atoms with Gasteiger partial charge in [0.1, 0.15) is 28.4 Å². The summed E-state index contributed by atoms with van der Waals surface area (Å²) < 4.78 is 18.6. The van der Waals surface area contributed by atoms with E-state index in [0.29, 0.717) is 48.8 Å². The molecule has 1 N–H and O–H groups in total. The highest BCUT2D eigenvalue weighted by molar-refractivity contribution is 6.09. The van der Waals surface area contributed by atoms with Crippen LogP contribution in [0.15, 0.2) is 36.5 Å². The van der Waals surface area contributed by atoms with Crippen LogP contribution in [0, 0.1) is 0 Å². The van der Waals surface area contributed by atoms with Crippen molar-refractivity contribution in [2.24, 2.45) is 0 Å². The van der Waals surface area contributed by atoms with Crippen LogP contribution in [0.4, 0.5) is 31.7 Å². The fourth-order valence-corrected chi connectivity index (χ4v) is 5.20. The Balaban J connectivity index is 1.78. The third kappa shape index (κ3) is 9.84. The topological polar surface area (TPSA) is 139 Å². The van der Waals surface area contributed by atoms with Crippen LogP contribution < -0.4 is 14.7 Å². The van der Waals surface area contributed by atoms with E-state index in [1.165, 1.54) is 4.90 Å². The van der Waals surface area contributed by atoms with E-state index in [9.17, 15) is 19.5 Å². The molecule has 3 heterocycles. The van der Waals surface area contributed by atoms with Crippen molar-refractivity contribution < 1.29 is 33.7 Å². The Labute approximate surface area is 289 Å². The van der Waals surface area contributed by atoms with Gasteiger partial charge in [-0.05, 0) is 98.8 Å². The van der Waals surface area contributed by atoms with E-state index in [1.807, 2.05) is 6.07 Å². The molecule has 1 fully saturated rings. The van der Waals surface area contributed by atoms with Gasteiger partial charge in [0.2, 0.25) is 0 Å². The number of carbonyl (C=O) groups excluding carboxylic acids is 3. The van der Waals surface area contributed by atoms with Crippen molar-refractivity contribution in [3.8, 4) is 0 Å². The van der Waals surface area contributed by atoms with Gasteiger partial charge in [-0.1, -0.05) is 26.0 Å². The van der Waals surface area contributed by atoms with Crippen LogP contribution in [0.1, 0.15) is 106 Å². The summed E-state index contributed by atoms with van der Waals surface area (Å²) in [5.41, 5.74) is -0.00411. The van der Waals surface area contributed by atoms with Crippen LogP contribution >= 0.6 is 0 Å². The highest BCUT2D eigenvalue weighted by Gasteiger charge is 2.33. The molecule has 1 aromatic carbocycles. The number of anilines is 3. The van der Waals surface area contributed by atoms with Crippen LogP contribution in [0.25, 0.3) is 5.65 Å². The van der Waals surface area contributed by atoms with Crippen molar-refractivity contribution in [2.45, 2.75) is 124 Å². The fourth-order valence-electron chi connectivity index (χ4n) is 5.20. The number of piperidine rings is 1. The lowest BCUT2D eigenvalue weighted by Gasteiger charge is -2.32. The van der Waals surface area contributed by atoms with Gasteiger partial charge in [-0.2, -0.15) is 14.5 Å². The molecule has 2 aromatic heterocycles. The first-order valence-corrected chi connectivity index (χ1v) is 16.8. The molecule has 0 saturated carbocycles. The standard InChI is InChI=1S/C36H52N6O7/c1-23(2)27-21-37-42-29(20-28(38-30(27)42)39-18-16-26(43)17-19-39)40(31(44)47-34(3,4)5)22-24-12-14-25(15-13-24)41(32(45)48-35(6,7)8)33(46)49-36(9,10)11/h12-15,20-21,23,26,43H,16-19,22H2,1-11H3. The summed E-state index contributed by atoms with van der Waals surface area (Å²) in [5, 5.41) is 14.8. The van der Waals surface area contributed by atoms with Gasteiger partial charge in [0.05, 0.1) is 24.5 Å². The molecule has 0 unspecified atom stereocenters. The highest BCUT2D eigenvalue weighted by Crippen LogP contribution is 2.31. The van der Waals surface area contributed by atoms with Gasteiger partial charge in [-0.25, -0.2) is 19.4 Å².